The average Bonchev–Trinajstić information content (AvgIpc) is 2.15. The Morgan fingerprint density at radius 1 is 1.30 bits per heavy atom. The average molecular weight is 143 g/mol. The Bertz CT molecular complexity index is 133. The lowest BCUT2D eigenvalue weighted by molar-refractivity contribution is 0.111. The van der Waals surface area contributed by atoms with Crippen molar-refractivity contribution in [2.75, 3.05) is 6.54 Å². The fourth-order valence-corrected chi connectivity index (χ4v) is 2.57. The summed E-state index contributed by atoms with van der Waals surface area (Å²) in [5.74, 6) is 2.01. The molecule has 0 aliphatic heterocycles. The molecule has 2 rings (SSSR count). The molecular weight excluding hydrogens is 129 g/mol. The van der Waals surface area contributed by atoms with E-state index >= 15 is 0 Å². The van der Waals surface area contributed by atoms with Crippen molar-refractivity contribution in [3.8, 4) is 0 Å². The van der Waals surface area contributed by atoms with Crippen LogP contribution in [0.3, 0.4) is 0 Å². The van der Waals surface area contributed by atoms with Gasteiger partial charge in [-0.05, 0) is 43.6 Å². The minimum absolute atomic E-state index is 0.508. The summed E-state index contributed by atoms with van der Waals surface area (Å²) in [4.78, 5) is 0. The van der Waals surface area contributed by atoms with E-state index in [9.17, 15) is 4.39 Å². The molecular formula is C8H14FN. The number of nitrogens with two attached hydrogens (primary N) is 1. The molecule has 10 heavy (non-hydrogen) atoms. The number of hydrogen-bond donors (Lipinski definition) is 1. The van der Waals surface area contributed by atoms with Crippen LogP contribution in [0.1, 0.15) is 19.3 Å². The van der Waals surface area contributed by atoms with Gasteiger partial charge >= 0.3 is 0 Å². The van der Waals surface area contributed by atoms with Crippen LogP contribution in [0.4, 0.5) is 4.39 Å². The summed E-state index contributed by atoms with van der Waals surface area (Å²) in [5, 5.41) is 0. The molecule has 3 unspecified atom stereocenters. The fourth-order valence-electron chi connectivity index (χ4n) is 2.57. The van der Waals surface area contributed by atoms with E-state index in [0.717, 1.165) is 19.4 Å². The van der Waals surface area contributed by atoms with Crippen molar-refractivity contribution in [1.29, 1.82) is 0 Å². The lowest BCUT2D eigenvalue weighted by Gasteiger charge is -2.39. The van der Waals surface area contributed by atoms with Crippen LogP contribution in [0, 0.1) is 17.8 Å². The van der Waals surface area contributed by atoms with E-state index in [1.165, 1.54) is 6.42 Å². The molecule has 2 aliphatic carbocycles. The molecule has 0 aromatic carbocycles. The zero-order chi connectivity index (χ0) is 7.14. The molecule has 0 aromatic heterocycles. The van der Waals surface area contributed by atoms with Gasteiger partial charge in [0, 0.05) is 0 Å². The number of fused-ring (bicyclic) bond motifs is 1. The highest BCUT2D eigenvalue weighted by Crippen LogP contribution is 2.51. The van der Waals surface area contributed by atoms with Crippen molar-refractivity contribution in [1.82, 2.24) is 0 Å². The van der Waals surface area contributed by atoms with Crippen molar-refractivity contribution in [2.24, 2.45) is 23.5 Å². The van der Waals surface area contributed by atoms with Gasteiger partial charge in [0.15, 0.2) is 0 Å². The highest BCUT2D eigenvalue weighted by Gasteiger charge is 2.46. The monoisotopic (exact) mass is 143 g/mol. The molecule has 0 heterocycles. The quantitative estimate of drug-likeness (QED) is 0.588. The van der Waals surface area contributed by atoms with Crippen LogP contribution < -0.4 is 5.73 Å². The van der Waals surface area contributed by atoms with Gasteiger partial charge in [-0.3, -0.25) is 0 Å². The topological polar surface area (TPSA) is 26.0 Å². The van der Waals surface area contributed by atoms with Crippen LogP contribution in [0.15, 0.2) is 0 Å². The minimum atomic E-state index is -0.508. The second-order valence-corrected chi connectivity index (χ2v) is 3.72. The maximum atomic E-state index is 12.7. The molecule has 1 nitrogen and oxygen atoms in total. The first-order valence-electron chi connectivity index (χ1n) is 4.15. The molecule has 0 aromatic rings. The summed E-state index contributed by atoms with van der Waals surface area (Å²) in [6.45, 7) is 0.772. The van der Waals surface area contributed by atoms with E-state index in [1.54, 1.807) is 0 Å². The van der Waals surface area contributed by atoms with Crippen LogP contribution >= 0.6 is 0 Å². The highest BCUT2D eigenvalue weighted by atomic mass is 19.1. The van der Waals surface area contributed by atoms with E-state index < -0.39 is 6.17 Å². The molecule has 0 amide bonds. The van der Waals surface area contributed by atoms with Crippen molar-refractivity contribution in [3.05, 3.63) is 0 Å². The lowest BCUT2D eigenvalue weighted by Crippen LogP contribution is -2.37. The van der Waals surface area contributed by atoms with Gasteiger partial charge < -0.3 is 5.73 Å². The van der Waals surface area contributed by atoms with E-state index in [1.807, 2.05) is 0 Å². The van der Waals surface area contributed by atoms with Gasteiger partial charge in [0.05, 0.1) is 0 Å². The maximum Gasteiger partial charge on any atom is 0.101 e. The highest BCUT2D eigenvalue weighted by molar-refractivity contribution is 4.96. The first kappa shape index (κ1) is 6.59. The van der Waals surface area contributed by atoms with Gasteiger partial charge in [0.1, 0.15) is 6.17 Å². The second kappa shape index (κ2) is 2.19. The summed E-state index contributed by atoms with van der Waals surface area (Å²) in [7, 11) is 0. The first-order chi connectivity index (χ1) is 4.81. The predicted molar refractivity (Wildman–Crippen MR) is 38.3 cm³/mol. The first-order valence-corrected chi connectivity index (χ1v) is 4.15. The number of rotatable bonds is 1. The van der Waals surface area contributed by atoms with Crippen molar-refractivity contribution in [2.45, 2.75) is 25.4 Å². The van der Waals surface area contributed by atoms with Crippen LogP contribution in [-0.4, -0.2) is 12.7 Å². The van der Waals surface area contributed by atoms with Crippen molar-refractivity contribution in [3.63, 3.8) is 0 Å². The fraction of sp³-hybridized carbons (Fsp3) is 1.00. The molecule has 2 aliphatic rings. The van der Waals surface area contributed by atoms with Gasteiger partial charge in [-0.25, -0.2) is 4.39 Å². The molecule has 0 spiro atoms. The summed E-state index contributed by atoms with van der Waals surface area (Å²) < 4.78 is 12.7. The van der Waals surface area contributed by atoms with Crippen LogP contribution in [0.5, 0.6) is 0 Å². The summed E-state index contributed by atoms with van der Waals surface area (Å²) >= 11 is 0. The SMILES string of the molecule is NCC1CC2C[C@H](F)CC12. The molecule has 0 radical (unpaired) electrons. The smallest absolute Gasteiger partial charge is 0.101 e. The van der Waals surface area contributed by atoms with Crippen LogP contribution in [0.2, 0.25) is 0 Å². The Labute approximate surface area is 60.8 Å². The standard InChI is InChI=1S/C8H14FN/c9-7-2-5-1-6(4-10)8(5)3-7/h5-8H,1-4,10H2/t5?,6?,7-,8?/m0/s1. The Morgan fingerprint density at radius 3 is 2.70 bits per heavy atom. The van der Waals surface area contributed by atoms with Crippen LogP contribution in [-0.2, 0) is 0 Å². The summed E-state index contributed by atoms with van der Waals surface area (Å²) in [6.07, 6.45) is 2.31. The molecule has 2 heteroatoms. The lowest BCUT2D eigenvalue weighted by atomic mass is 9.67. The zero-order valence-electron chi connectivity index (χ0n) is 6.09. The summed E-state index contributed by atoms with van der Waals surface area (Å²) in [6, 6.07) is 0. The van der Waals surface area contributed by atoms with Crippen LogP contribution in [0.25, 0.3) is 0 Å². The van der Waals surface area contributed by atoms with Gasteiger partial charge in [-0.15, -0.1) is 0 Å². The Hall–Kier alpha value is -0.110. The van der Waals surface area contributed by atoms with Crippen molar-refractivity contribution >= 4 is 0 Å². The van der Waals surface area contributed by atoms with Crippen molar-refractivity contribution < 1.29 is 4.39 Å². The molecule has 0 bridgehead atoms. The Morgan fingerprint density at radius 2 is 2.10 bits per heavy atom. The zero-order valence-corrected chi connectivity index (χ0v) is 6.09. The third-order valence-corrected chi connectivity index (χ3v) is 3.21. The third-order valence-electron chi connectivity index (χ3n) is 3.21. The van der Waals surface area contributed by atoms with E-state index in [2.05, 4.69) is 0 Å². The predicted octanol–water partition coefficient (Wildman–Crippen LogP) is 1.33. The number of hydrogen-bond acceptors (Lipinski definition) is 1. The third kappa shape index (κ3) is 0.782. The number of alkyl halides is 1. The Balaban J connectivity index is 1.93. The van der Waals surface area contributed by atoms with Gasteiger partial charge in [-0.2, -0.15) is 0 Å². The van der Waals surface area contributed by atoms with Gasteiger partial charge in [0.2, 0.25) is 0 Å². The molecule has 4 atom stereocenters. The molecule has 2 N–H and O–H groups in total. The Kier molecular flexibility index (Phi) is 1.44. The van der Waals surface area contributed by atoms with Gasteiger partial charge in [0.25, 0.3) is 0 Å². The maximum absolute atomic E-state index is 12.7. The molecule has 0 saturated heterocycles. The van der Waals surface area contributed by atoms with E-state index in [0.29, 0.717) is 17.8 Å². The van der Waals surface area contributed by atoms with E-state index in [4.69, 9.17) is 5.73 Å². The minimum Gasteiger partial charge on any atom is -0.330 e. The molecule has 2 fully saturated rings. The second-order valence-electron chi connectivity index (χ2n) is 3.72. The van der Waals surface area contributed by atoms with Gasteiger partial charge in [-0.1, -0.05) is 0 Å². The normalized spacial score (nSPS) is 52.2. The van der Waals surface area contributed by atoms with E-state index in [-0.39, 0.29) is 0 Å². The number of halogens is 1. The molecule has 2 saturated carbocycles. The summed E-state index contributed by atoms with van der Waals surface area (Å²) in [5.41, 5.74) is 5.51. The largest absolute Gasteiger partial charge is 0.330 e. The molecule has 58 valence electrons.